The molecule has 0 radical (unpaired) electrons. The maximum absolute atomic E-state index is 5.92. The molecule has 2 unspecified atom stereocenters. The van der Waals surface area contributed by atoms with Crippen LogP contribution in [0.15, 0.2) is 85.1 Å². The van der Waals surface area contributed by atoms with Crippen LogP contribution in [-0.4, -0.2) is 28.8 Å². The first-order valence-electron chi connectivity index (χ1n) is 11.9. The van der Waals surface area contributed by atoms with Crippen molar-refractivity contribution in [3.05, 3.63) is 113 Å². The van der Waals surface area contributed by atoms with Crippen molar-refractivity contribution in [1.29, 1.82) is 0 Å². The molecular formula is C29H31N5S. The van der Waals surface area contributed by atoms with E-state index in [9.17, 15) is 0 Å². The summed E-state index contributed by atoms with van der Waals surface area (Å²) in [6.45, 7) is 5.25. The molecule has 1 aliphatic heterocycles. The minimum Gasteiger partial charge on any atom is -0.378 e. The fourth-order valence-corrected chi connectivity index (χ4v) is 5.34. The molecule has 1 N–H and O–H groups in total. The third-order valence-corrected chi connectivity index (χ3v) is 7.17. The van der Waals surface area contributed by atoms with Crippen LogP contribution in [0, 0.1) is 13.8 Å². The molecule has 3 heterocycles. The fourth-order valence-electron chi connectivity index (χ4n) is 5.00. The Bertz CT molecular complexity index is 1310. The number of nitrogens with one attached hydrogen (secondary N) is 1. The van der Waals surface area contributed by atoms with Crippen LogP contribution in [0.4, 0.5) is 11.4 Å². The SMILES string of the molecule is Cc1cc(C2C(c3ccccn3)NC(=S)N2c2ccc(N(C)C)cc2)c(C)n1Cc1ccccc1. The molecule has 178 valence electrons. The lowest BCUT2D eigenvalue weighted by Gasteiger charge is -2.28. The second kappa shape index (κ2) is 9.55. The van der Waals surface area contributed by atoms with E-state index in [4.69, 9.17) is 17.2 Å². The first-order chi connectivity index (χ1) is 16.9. The smallest absolute Gasteiger partial charge is 0.174 e. The molecule has 35 heavy (non-hydrogen) atoms. The maximum Gasteiger partial charge on any atom is 0.174 e. The van der Waals surface area contributed by atoms with Crippen LogP contribution in [0.2, 0.25) is 0 Å². The van der Waals surface area contributed by atoms with Crippen LogP contribution in [-0.2, 0) is 6.54 Å². The van der Waals surface area contributed by atoms with Crippen molar-refractivity contribution in [1.82, 2.24) is 14.9 Å². The fraction of sp³-hybridized carbons (Fsp3) is 0.241. The average molecular weight is 482 g/mol. The van der Waals surface area contributed by atoms with E-state index in [1.807, 2.05) is 18.3 Å². The Hall–Kier alpha value is -3.64. The van der Waals surface area contributed by atoms with Gasteiger partial charge in [-0.25, -0.2) is 0 Å². The molecule has 0 bridgehead atoms. The topological polar surface area (TPSA) is 36.3 Å². The summed E-state index contributed by atoms with van der Waals surface area (Å²) in [4.78, 5) is 9.06. The Balaban J connectivity index is 1.60. The van der Waals surface area contributed by atoms with E-state index in [1.54, 1.807) is 0 Å². The van der Waals surface area contributed by atoms with Gasteiger partial charge < -0.3 is 19.7 Å². The minimum absolute atomic E-state index is 0.0154. The van der Waals surface area contributed by atoms with Crippen LogP contribution >= 0.6 is 12.2 Å². The van der Waals surface area contributed by atoms with Gasteiger partial charge in [-0.05, 0) is 79.7 Å². The summed E-state index contributed by atoms with van der Waals surface area (Å²) in [6.07, 6.45) is 1.85. The largest absolute Gasteiger partial charge is 0.378 e. The molecule has 1 aliphatic rings. The normalized spacial score (nSPS) is 17.5. The number of anilines is 2. The zero-order chi connectivity index (χ0) is 24.5. The van der Waals surface area contributed by atoms with E-state index in [-0.39, 0.29) is 12.1 Å². The van der Waals surface area contributed by atoms with Gasteiger partial charge in [0, 0.05) is 49.6 Å². The van der Waals surface area contributed by atoms with Crippen LogP contribution in [0.1, 0.15) is 40.3 Å². The highest BCUT2D eigenvalue weighted by Crippen LogP contribution is 2.43. The third kappa shape index (κ3) is 4.42. The van der Waals surface area contributed by atoms with E-state index in [0.29, 0.717) is 0 Å². The number of aromatic nitrogens is 2. The second-order valence-electron chi connectivity index (χ2n) is 9.31. The summed E-state index contributed by atoms with van der Waals surface area (Å²) in [6, 6.07) is 27.5. The summed E-state index contributed by atoms with van der Waals surface area (Å²) in [5.74, 6) is 0. The lowest BCUT2D eigenvalue weighted by molar-refractivity contribution is 0.563. The Labute approximate surface area is 213 Å². The summed E-state index contributed by atoms with van der Waals surface area (Å²) in [7, 11) is 4.11. The van der Waals surface area contributed by atoms with Crippen LogP contribution in [0.25, 0.3) is 0 Å². The Morgan fingerprint density at radius 2 is 1.66 bits per heavy atom. The molecule has 1 fully saturated rings. The molecule has 0 spiro atoms. The van der Waals surface area contributed by atoms with Gasteiger partial charge in [0.15, 0.2) is 5.11 Å². The Kier molecular flexibility index (Phi) is 6.31. The quantitative estimate of drug-likeness (QED) is 0.353. The molecule has 2 atom stereocenters. The zero-order valence-corrected chi connectivity index (χ0v) is 21.5. The number of aryl methyl sites for hydroxylation is 1. The van der Waals surface area contributed by atoms with Gasteiger partial charge in [-0.15, -0.1) is 0 Å². The van der Waals surface area contributed by atoms with Gasteiger partial charge in [-0.1, -0.05) is 36.4 Å². The standard InChI is InChI=1S/C29H31N5S/c1-20-18-25(21(2)33(20)19-22-10-6-5-7-11-22)28-27(26-12-8-9-17-30-26)31-29(35)34(28)24-15-13-23(14-16-24)32(3)4/h5-18,27-28H,19H2,1-4H3,(H,31,35). The van der Waals surface area contributed by atoms with Crippen molar-refractivity contribution in [3.63, 3.8) is 0 Å². The number of benzene rings is 2. The molecule has 6 heteroatoms. The van der Waals surface area contributed by atoms with E-state index < -0.39 is 0 Å². The molecule has 1 saturated heterocycles. The van der Waals surface area contributed by atoms with Gasteiger partial charge in [-0.2, -0.15) is 0 Å². The molecule has 5 nitrogen and oxygen atoms in total. The highest BCUT2D eigenvalue weighted by molar-refractivity contribution is 7.80. The maximum atomic E-state index is 5.92. The van der Waals surface area contributed by atoms with Crippen LogP contribution in [0.5, 0.6) is 0 Å². The Morgan fingerprint density at radius 3 is 2.31 bits per heavy atom. The summed E-state index contributed by atoms with van der Waals surface area (Å²) in [5, 5.41) is 4.30. The molecule has 2 aromatic heterocycles. The zero-order valence-electron chi connectivity index (χ0n) is 20.6. The molecule has 0 aliphatic carbocycles. The van der Waals surface area contributed by atoms with Crippen molar-refractivity contribution < 1.29 is 0 Å². The van der Waals surface area contributed by atoms with E-state index in [1.165, 1.54) is 22.5 Å². The van der Waals surface area contributed by atoms with Crippen molar-refractivity contribution in [3.8, 4) is 0 Å². The molecule has 2 aromatic carbocycles. The molecule has 4 aromatic rings. The van der Waals surface area contributed by atoms with Gasteiger partial charge >= 0.3 is 0 Å². The first kappa shape index (κ1) is 23.1. The van der Waals surface area contributed by atoms with Crippen LogP contribution < -0.4 is 15.1 Å². The summed E-state index contributed by atoms with van der Waals surface area (Å²) in [5.41, 5.74) is 8.26. The van der Waals surface area contributed by atoms with Gasteiger partial charge in [0.1, 0.15) is 0 Å². The first-order valence-corrected chi connectivity index (χ1v) is 12.3. The van der Waals surface area contributed by atoms with Gasteiger partial charge in [-0.3, -0.25) is 4.98 Å². The lowest BCUT2D eigenvalue weighted by atomic mass is 9.96. The summed E-state index contributed by atoms with van der Waals surface area (Å²) < 4.78 is 2.40. The monoisotopic (exact) mass is 481 g/mol. The average Bonchev–Trinajstić information content (AvgIpc) is 3.36. The number of nitrogens with zero attached hydrogens (tertiary/aromatic N) is 4. The number of rotatable bonds is 6. The number of hydrogen-bond acceptors (Lipinski definition) is 3. The van der Waals surface area contributed by atoms with Crippen molar-refractivity contribution in [2.45, 2.75) is 32.5 Å². The molecule has 0 saturated carbocycles. The predicted octanol–water partition coefficient (Wildman–Crippen LogP) is 5.79. The Morgan fingerprint density at radius 1 is 0.943 bits per heavy atom. The van der Waals surface area contributed by atoms with Crippen molar-refractivity contribution in [2.24, 2.45) is 0 Å². The highest BCUT2D eigenvalue weighted by Gasteiger charge is 2.42. The minimum atomic E-state index is -0.0529. The van der Waals surface area contributed by atoms with E-state index in [0.717, 1.165) is 28.7 Å². The van der Waals surface area contributed by atoms with Gasteiger partial charge in [0.25, 0.3) is 0 Å². The highest BCUT2D eigenvalue weighted by atomic mass is 32.1. The van der Waals surface area contributed by atoms with E-state index in [2.05, 4.69) is 114 Å². The van der Waals surface area contributed by atoms with Gasteiger partial charge in [0.05, 0.1) is 17.8 Å². The number of pyridine rings is 1. The van der Waals surface area contributed by atoms with Crippen molar-refractivity contribution in [2.75, 3.05) is 23.9 Å². The second-order valence-corrected chi connectivity index (χ2v) is 9.69. The summed E-state index contributed by atoms with van der Waals surface area (Å²) >= 11 is 5.92. The van der Waals surface area contributed by atoms with Crippen molar-refractivity contribution >= 4 is 28.7 Å². The molecule has 5 rings (SSSR count). The molecular weight excluding hydrogens is 450 g/mol. The van der Waals surface area contributed by atoms with E-state index >= 15 is 0 Å². The van der Waals surface area contributed by atoms with Gasteiger partial charge in [0.2, 0.25) is 0 Å². The predicted molar refractivity (Wildman–Crippen MR) is 148 cm³/mol. The lowest BCUT2D eigenvalue weighted by Crippen LogP contribution is -2.29. The van der Waals surface area contributed by atoms with Crippen LogP contribution in [0.3, 0.4) is 0 Å². The molecule has 0 amide bonds. The number of thiocarbonyl (C=S) groups is 1. The number of hydrogen-bond donors (Lipinski definition) is 1. The third-order valence-electron chi connectivity index (χ3n) is 6.86.